The minimum Gasteiger partial charge on any atom is -0.309 e. The van der Waals surface area contributed by atoms with E-state index in [0.29, 0.717) is 5.54 Å². The van der Waals surface area contributed by atoms with E-state index >= 15 is 0 Å². The molecule has 2 nitrogen and oxygen atoms in total. The summed E-state index contributed by atoms with van der Waals surface area (Å²) in [4.78, 5) is 2.78. The first-order valence-electron chi connectivity index (χ1n) is 7.25. The van der Waals surface area contributed by atoms with Gasteiger partial charge in [0.05, 0.1) is 0 Å². The maximum Gasteiger partial charge on any atom is 0.0304 e. The third-order valence-electron chi connectivity index (χ3n) is 4.96. The van der Waals surface area contributed by atoms with Crippen molar-refractivity contribution < 1.29 is 0 Å². The minimum absolute atomic E-state index is 0.399. The normalized spacial score (nSPS) is 34.1. The van der Waals surface area contributed by atoms with Crippen molar-refractivity contribution in [1.82, 2.24) is 10.2 Å². The van der Waals surface area contributed by atoms with Gasteiger partial charge in [-0.3, -0.25) is 4.90 Å². The lowest BCUT2D eigenvalue weighted by Crippen LogP contribution is -2.61. The number of hydrogen-bond donors (Lipinski definition) is 1. The standard InChI is InChI=1S/C14H28N2S/c1-4-14(5-2)11-16(9-8-15-14)12-6-7-13(10-12)17-3/h12-13,15H,4-11H2,1-3H3. The maximum atomic E-state index is 3.76. The molecule has 2 fully saturated rings. The van der Waals surface area contributed by atoms with Gasteiger partial charge < -0.3 is 5.32 Å². The molecule has 1 saturated carbocycles. The summed E-state index contributed by atoms with van der Waals surface area (Å²) in [5.74, 6) is 0. The second kappa shape index (κ2) is 5.94. The van der Waals surface area contributed by atoms with Gasteiger partial charge in [-0.05, 0) is 38.4 Å². The second-order valence-corrected chi connectivity index (χ2v) is 6.85. The lowest BCUT2D eigenvalue weighted by atomic mass is 9.89. The zero-order valence-electron chi connectivity index (χ0n) is 11.7. The summed E-state index contributed by atoms with van der Waals surface area (Å²) in [6.45, 7) is 8.38. The fraction of sp³-hybridized carbons (Fsp3) is 1.00. The molecule has 2 rings (SSSR count). The topological polar surface area (TPSA) is 15.3 Å². The summed E-state index contributed by atoms with van der Waals surface area (Å²) < 4.78 is 0. The monoisotopic (exact) mass is 256 g/mol. The molecule has 0 aromatic heterocycles. The number of hydrogen-bond acceptors (Lipinski definition) is 3. The number of nitrogens with zero attached hydrogens (tertiary/aromatic N) is 1. The van der Waals surface area contributed by atoms with Gasteiger partial charge in [0.1, 0.15) is 0 Å². The van der Waals surface area contributed by atoms with Crippen LogP contribution in [0.25, 0.3) is 0 Å². The van der Waals surface area contributed by atoms with Crippen molar-refractivity contribution >= 4 is 11.8 Å². The Hall–Kier alpha value is 0.270. The zero-order chi connectivity index (χ0) is 12.3. The van der Waals surface area contributed by atoms with Gasteiger partial charge >= 0.3 is 0 Å². The van der Waals surface area contributed by atoms with Gasteiger partial charge in [0.2, 0.25) is 0 Å². The van der Waals surface area contributed by atoms with Crippen LogP contribution >= 0.6 is 11.8 Å². The van der Waals surface area contributed by atoms with Crippen molar-refractivity contribution in [2.45, 2.75) is 62.8 Å². The van der Waals surface area contributed by atoms with Crippen LogP contribution in [0.4, 0.5) is 0 Å². The first-order valence-corrected chi connectivity index (χ1v) is 8.53. The number of nitrogens with one attached hydrogen (secondary N) is 1. The van der Waals surface area contributed by atoms with Crippen molar-refractivity contribution in [2.24, 2.45) is 0 Å². The van der Waals surface area contributed by atoms with E-state index in [1.165, 1.54) is 51.7 Å². The number of piperazine rings is 1. The van der Waals surface area contributed by atoms with Gasteiger partial charge in [-0.15, -0.1) is 0 Å². The molecule has 1 heterocycles. The molecule has 17 heavy (non-hydrogen) atoms. The van der Waals surface area contributed by atoms with E-state index < -0.39 is 0 Å². The largest absolute Gasteiger partial charge is 0.309 e. The van der Waals surface area contributed by atoms with E-state index in [4.69, 9.17) is 0 Å². The van der Waals surface area contributed by atoms with E-state index in [-0.39, 0.29) is 0 Å². The molecule has 1 saturated heterocycles. The molecule has 2 unspecified atom stereocenters. The van der Waals surface area contributed by atoms with Crippen LogP contribution in [0.1, 0.15) is 46.0 Å². The Bertz CT molecular complexity index is 240. The summed E-state index contributed by atoms with van der Waals surface area (Å²) >= 11 is 2.07. The highest BCUT2D eigenvalue weighted by Crippen LogP contribution is 2.33. The Kier molecular flexibility index (Phi) is 4.79. The molecular weight excluding hydrogens is 228 g/mol. The Balaban J connectivity index is 1.93. The Morgan fingerprint density at radius 3 is 2.65 bits per heavy atom. The average Bonchev–Trinajstić information content (AvgIpc) is 2.87. The minimum atomic E-state index is 0.399. The Labute approximate surface area is 111 Å². The van der Waals surface area contributed by atoms with Crippen LogP contribution in [-0.4, -0.2) is 47.6 Å². The van der Waals surface area contributed by atoms with Crippen molar-refractivity contribution in [1.29, 1.82) is 0 Å². The fourth-order valence-electron chi connectivity index (χ4n) is 3.49. The molecule has 0 bridgehead atoms. The first-order chi connectivity index (χ1) is 8.23. The summed E-state index contributed by atoms with van der Waals surface area (Å²) in [6.07, 6.45) is 9.07. The van der Waals surface area contributed by atoms with Gasteiger partial charge in [0.15, 0.2) is 0 Å². The van der Waals surface area contributed by atoms with Gasteiger partial charge in [-0.25, -0.2) is 0 Å². The first kappa shape index (κ1) is 13.7. The van der Waals surface area contributed by atoms with Crippen LogP contribution in [0.15, 0.2) is 0 Å². The maximum absolute atomic E-state index is 3.76. The third kappa shape index (κ3) is 2.99. The van der Waals surface area contributed by atoms with Crippen molar-refractivity contribution in [3.05, 3.63) is 0 Å². The SMILES string of the molecule is CCC1(CC)CN(C2CCC(SC)C2)CCN1. The quantitative estimate of drug-likeness (QED) is 0.832. The van der Waals surface area contributed by atoms with E-state index in [1.54, 1.807) is 0 Å². The summed E-state index contributed by atoms with van der Waals surface area (Å²) in [5.41, 5.74) is 0.399. The van der Waals surface area contributed by atoms with Gasteiger partial charge in [0, 0.05) is 36.5 Å². The third-order valence-corrected chi connectivity index (χ3v) is 6.06. The van der Waals surface area contributed by atoms with E-state index in [0.717, 1.165) is 11.3 Å². The Morgan fingerprint density at radius 2 is 2.06 bits per heavy atom. The van der Waals surface area contributed by atoms with Gasteiger partial charge in [0.25, 0.3) is 0 Å². The highest BCUT2D eigenvalue weighted by atomic mass is 32.2. The van der Waals surface area contributed by atoms with Crippen molar-refractivity contribution in [2.75, 3.05) is 25.9 Å². The highest BCUT2D eigenvalue weighted by Gasteiger charge is 2.37. The molecule has 0 amide bonds. The van der Waals surface area contributed by atoms with Crippen LogP contribution in [0.2, 0.25) is 0 Å². The van der Waals surface area contributed by atoms with Crippen LogP contribution in [0.3, 0.4) is 0 Å². The van der Waals surface area contributed by atoms with E-state index in [1.807, 2.05) is 0 Å². The van der Waals surface area contributed by atoms with Crippen LogP contribution in [0.5, 0.6) is 0 Å². The zero-order valence-corrected chi connectivity index (χ0v) is 12.5. The van der Waals surface area contributed by atoms with Crippen molar-refractivity contribution in [3.8, 4) is 0 Å². The lowest BCUT2D eigenvalue weighted by Gasteiger charge is -2.45. The van der Waals surface area contributed by atoms with Crippen LogP contribution in [0, 0.1) is 0 Å². The summed E-state index contributed by atoms with van der Waals surface area (Å²) in [5, 5.41) is 4.69. The molecular formula is C14H28N2S. The molecule has 0 aromatic carbocycles. The van der Waals surface area contributed by atoms with Gasteiger partial charge in [-0.2, -0.15) is 11.8 Å². The second-order valence-electron chi connectivity index (χ2n) is 5.71. The molecule has 0 radical (unpaired) electrons. The molecule has 100 valence electrons. The average molecular weight is 256 g/mol. The summed E-state index contributed by atoms with van der Waals surface area (Å²) in [6, 6.07) is 0.868. The molecule has 2 aliphatic rings. The van der Waals surface area contributed by atoms with Crippen LogP contribution < -0.4 is 5.32 Å². The van der Waals surface area contributed by atoms with Crippen LogP contribution in [-0.2, 0) is 0 Å². The van der Waals surface area contributed by atoms with Gasteiger partial charge in [-0.1, -0.05) is 13.8 Å². The number of thioether (sulfide) groups is 1. The molecule has 1 aliphatic carbocycles. The number of rotatable bonds is 4. The molecule has 2 atom stereocenters. The predicted octanol–water partition coefficient (Wildman–Crippen LogP) is 2.73. The molecule has 3 heteroatoms. The van der Waals surface area contributed by atoms with E-state index in [9.17, 15) is 0 Å². The lowest BCUT2D eigenvalue weighted by molar-refractivity contribution is 0.0878. The van der Waals surface area contributed by atoms with E-state index in [2.05, 4.69) is 42.1 Å². The molecule has 0 aromatic rings. The fourth-order valence-corrected chi connectivity index (χ4v) is 4.27. The highest BCUT2D eigenvalue weighted by molar-refractivity contribution is 7.99. The molecule has 1 aliphatic heterocycles. The van der Waals surface area contributed by atoms with Crippen molar-refractivity contribution in [3.63, 3.8) is 0 Å². The molecule has 0 spiro atoms. The summed E-state index contributed by atoms with van der Waals surface area (Å²) in [7, 11) is 0. The molecule has 1 N–H and O–H groups in total. The Morgan fingerprint density at radius 1 is 1.29 bits per heavy atom. The predicted molar refractivity (Wildman–Crippen MR) is 77.8 cm³/mol. The smallest absolute Gasteiger partial charge is 0.0304 e.